The van der Waals surface area contributed by atoms with Crippen LogP contribution in [0.3, 0.4) is 0 Å². The van der Waals surface area contributed by atoms with Crippen LogP contribution in [0, 0.1) is 0 Å². The van der Waals surface area contributed by atoms with E-state index in [-0.39, 0.29) is 5.91 Å². The van der Waals surface area contributed by atoms with Crippen LogP contribution in [0.5, 0.6) is 0 Å². The minimum absolute atomic E-state index is 0.0370. The molecule has 1 amide bonds. The molecule has 5 rings (SSSR count). The van der Waals surface area contributed by atoms with Crippen LogP contribution in [0.25, 0.3) is 10.9 Å². The summed E-state index contributed by atoms with van der Waals surface area (Å²) in [5, 5.41) is 8.08. The molecule has 0 saturated carbocycles. The maximum absolute atomic E-state index is 13.1. The topological polar surface area (TPSA) is 87.2 Å². The van der Waals surface area contributed by atoms with Crippen LogP contribution < -0.4 is 4.90 Å². The number of likely N-dealkylation sites (tertiary alicyclic amines) is 1. The van der Waals surface area contributed by atoms with Crippen molar-refractivity contribution in [3.05, 3.63) is 47.4 Å². The molecule has 29 heavy (non-hydrogen) atoms. The first-order chi connectivity index (χ1) is 14.1. The summed E-state index contributed by atoms with van der Waals surface area (Å²) in [6.45, 7) is 1.89. The molecule has 0 bridgehead atoms. The maximum Gasteiger partial charge on any atom is 0.274 e. The van der Waals surface area contributed by atoms with E-state index >= 15 is 0 Å². The van der Waals surface area contributed by atoms with E-state index in [0.29, 0.717) is 31.3 Å². The zero-order chi connectivity index (χ0) is 20.0. The van der Waals surface area contributed by atoms with Crippen molar-refractivity contribution in [2.24, 2.45) is 0 Å². The fourth-order valence-corrected chi connectivity index (χ4v) is 4.34. The van der Waals surface area contributed by atoms with E-state index in [9.17, 15) is 4.79 Å². The molecule has 1 aromatic carbocycles. The molecule has 1 saturated heterocycles. The fraction of sp³-hybridized carbons (Fsp3) is 0.429. The number of anilines is 1. The number of hydrogen-bond donors (Lipinski definition) is 1. The van der Waals surface area contributed by atoms with Crippen molar-refractivity contribution in [2.75, 3.05) is 38.7 Å². The highest BCUT2D eigenvalue weighted by Gasteiger charge is 2.43. The summed E-state index contributed by atoms with van der Waals surface area (Å²) in [6.07, 6.45) is 4.19. The van der Waals surface area contributed by atoms with Crippen LogP contribution in [-0.2, 0) is 16.8 Å². The maximum atomic E-state index is 13.1. The number of nitrogens with one attached hydrogen (secondary N) is 1. The average Bonchev–Trinajstić information content (AvgIpc) is 3.18. The van der Waals surface area contributed by atoms with Crippen LogP contribution in [0.4, 0.5) is 5.95 Å². The monoisotopic (exact) mass is 392 g/mol. The Labute approximate surface area is 168 Å². The number of carbonyl (C=O) groups excluding carboxylic acids is 1. The summed E-state index contributed by atoms with van der Waals surface area (Å²) in [5.41, 5.74) is 3.06. The summed E-state index contributed by atoms with van der Waals surface area (Å²) in [5.74, 6) is 0.653. The lowest BCUT2D eigenvalue weighted by atomic mass is 9.83. The number of H-pyrrole nitrogens is 1. The van der Waals surface area contributed by atoms with Gasteiger partial charge in [-0.15, -0.1) is 0 Å². The van der Waals surface area contributed by atoms with Gasteiger partial charge in [0.15, 0.2) is 5.69 Å². The molecule has 2 aliphatic rings. The largest absolute Gasteiger partial charge is 0.368 e. The van der Waals surface area contributed by atoms with Gasteiger partial charge < -0.3 is 14.5 Å². The highest BCUT2D eigenvalue weighted by Crippen LogP contribution is 2.41. The third kappa shape index (κ3) is 2.95. The first-order valence-electron chi connectivity index (χ1n) is 9.97. The first kappa shape index (κ1) is 18.1. The number of carbonyl (C=O) groups is 1. The molecule has 1 fully saturated rings. The van der Waals surface area contributed by atoms with E-state index in [0.717, 1.165) is 41.4 Å². The van der Waals surface area contributed by atoms with Gasteiger partial charge in [0.25, 0.3) is 5.91 Å². The van der Waals surface area contributed by atoms with E-state index < -0.39 is 5.60 Å². The minimum atomic E-state index is -0.439. The number of benzene rings is 1. The lowest BCUT2D eigenvalue weighted by Gasteiger charge is -2.44. The van der Waals surface area contributed by atoms with Crippen LogP contribution in [-0.4, -0.2) is 64.8 Å². The standard InChI is InChI=1S/C21H24N6O2/c1-26(2)20-22-13-14-7-12-29-21(18(14)23-20)8-10-27(11-9-21)19(28)17-15-5-3-4-6-16(15)24-25-17/h3-6,13H,7-12H2,1-2H3,(H,24,25). The van der Waals surface area contributed by atoms with Crippen molar-refractivity contribution in [2.45, 2.75) is 24.9 Å². The van der Waals surface area contributed by atoms with E-state index in [1.807, 2.05) is 54.4 Å². The number of fused-ring (bicyclic) bond motifs is 3. The van der Waals surface area contributed by atoms with Gasteiger partial charge in [0.1, 0.15) is 5.60 Å². The van der Waals surface area contributed by atoms with Crippen molar-refractivity contribution in [1.82, 2.24) is 25.1 Å². The Morgan fingerprint density at radius 1 is 1.24 bits per heavy atom. The predicted molar refractivity (Wildman–Crippen MR) is 109 cm³/mol. The Balaban J connectivity index is 1.39. The minimum Gasteiger partial charge on any atom is -0.368 e. The molecule has 2 aromatic heterocycles. The van der Waals surface area contributed by atoms with Gasteiger partial charge in [-0.2, -0.15) is 5.10 Å². The fourth-order valence-electron chi connectivity index (χ4n) is 4.34. The van der Waals surface area contributed by atoms with Gasteiger partial charge >= 0.3 is 0 Å². The van der Waals surface area contributed by atoms with Gasteiger partial charge in [-0.1, -0.05) is 18.2 Å². The van der Waals surface area contributed by atoms with Crippen LogP contribution in [0.15, 0.2) is 30.5 Å². The Hall–Kier alpha value is -3.00. The van der Waals surface area contributed by atoms with Crippen molar-refractivity contribution in [3.8, 4) is 0 Å². The summed E-state index contributed by atoms with van der Waals surface area (Å²) in [7, 11) is 3.88. The second-order valence-corrected chi connectivity index (χ2v) is 7.94. The molecule has 0 unspecified atom stereocenters. The number of nitrogens with zero attached hydrogens (tertiary/aromatic N) is 5. The highest BCUT2D eigenvalue weighted by molar-refractivity contribution is 6.04. The number of piperidine rings is 1. The SMILES string of the molecule is CN(C)c1ncc2c(n1)C1(CCN(C(=O)c3n[nH]c4ccccc34)CC1)OCC2. The molecule has 1 spiro atoms. The zero-order valence-electron chi connectivity index (χ0n) is 16.7. The number of hydrogen-bond acceptors (Lipinski definition) is 6. The molecule has 0 radical (unpaired) electrons. The number of ether oxygens (including phenoxy) is 1. The van der Waals surface area contributed by atoms with Crippen molar-refractivity contribution >= 4 is 22.8 Å². The number of rotatable bonds is 2. The molecule has 8 nitrogen and oxygen atoms in total. The molecule has 0 atom stereocenters. The molecule has 2 aliphatic heterocycles. The quantitative estimate of drug-likeness (QED) is 0.719. The first-order valence-corrected chi connectivity index (χ1v) is 9.97. The number of aromatic nitrogens is 4. The molecule has 4 heterocycles. The van der Waals surface area contributed by atoms with E-state index in [4.69, 9.17) is 9.72 Å². The lowest BCUT2D eigenvalue weighted by molar-refractivity contribution is -0.0967. The van der Waals surface area contributed by atoms with Gasteiger partial charge in [0, 0.05) is 38.8 Å². The van der Waals surface area contributed by atoms with E-state index in [1.165, 1.54) is 0 Å². The van der Waals surface area contributed by atoms with Crippen molar-refractivity contribution < 1.29 is 9.53 Å². The second-order valence-electron chi connectivity index (χ2n) is 7.94. The van der Waals surface area contributed by atoms with Crippen LogP contribution in [0.1, 0.15) is 34.6 Å². The van der Waals surface area contributed by atoms with Gasteiger partial charge in [-0.25, -0.2) is 9.97 Å². The summed E-state index contributed by atoms with van der Waals surface area (Å²) >= 11 is 0. The predicted octanol–water partition coefficient (Wildman–Crippen LogP) is 2.12. The Morgan fingerprint density at radius 3 is 2.83 bits per heavy atom. The molecular weight excluding hydrogens is 368 g/mol. The Morgan fingerprint density at radius 2 is 2.03 bits per heavy atom. The Bertz CT molecular complexity index is 1070. The zero-order valence-corrected chi connectivity index (χ0v) is 16.7. The normalized spacial score (nSPS) is 18.1. The van der Waals surface area contributed by atoms with Gasteiger partial charge in [0.2, 0.25) is 5.95 Å². The summed E-state index contributed by atoms with van der Waals surface area (Å²) in [4.78, 5) is 26.2. The van der Waals surface area contributed by atoms with Crippen LogP contribution >= 0.6 is 0 Å². The Kier molecular flexibility index (Phi) is 4.24. The molecule has 0 aliphatic carbocycles. The highest BCUT2D eigenvalue weighted by atomic mass is 16.5. The molecule has 1 N–H and O–H groups in total. The molecule has 3 aromatic rings. The molecule has 8 heteroatoms. The number of para-hydroxylation sites is 1. The summed E-state index contributed by atoms with van der Waals surface area (Å²) in [6, 6.07) is 7.71. The van der Waals surface area contributed by atoms with Crippen molar-refractivity contribution in [3.63, 3.8) is 0 Å². The third-order valence-electron chi connectivity index (χ3n) is 5.96. The average molecular weight is 392 g/mol. The van der Waals surface area contributed by atoms with E-state index in [1.54, 1.807) is 0 Å². The van der Waals surface area contributed by atoms with Gasteiger partial charge in [0.05, 0.1) is 17.8 Å². The summed E-state index contributed by atoms with van der Waals surface area (Å²) < 4.78 is 6.29. The van der Waals surface area contributed by atoms with E-state index in [2.05, 4.69) is 15.2 Å². The van der Waals surface area contributed by atoms with Gasteiger partial charge in [-0.05, 0) is 30.9 Å². The van der Waals surface area contributed by atoms with Gasteiger partial charge in [-0.3, -0.25) is 9.89 Å². The van der Waals surface area contributed by atoms with Crippen LogP contribution in [0.2, 0.25) is 0 Å². The lowest BCUT2D eigenvalue weighted by Crippen LogP contribution is -2.49. The molecular formula is C21H24N6O2. The molecule has 150 valence electrons. The number of amides is 1. The second kappa shape index (κ2) is 6.81. The number of aromatic amines is 1. The smallest absolute Gasteiger partial charge is 0.274 e. The third-order valence-corrected chi connectivity index (χ3v) is 5.96. The van der Waals surface area contributed by atoms with Crippen molar-refractivity contribution in [1.29, 1.82) is 0 Å².